The zero-order valence-electron chi connectivity index (χ0n) is 18.2. The van der Waals surface area contributed by atoms with Gasteiger partial charge in [-0.1, -0.05) is 35.5 Å². The first-order valence-corrected chi connectivity index (χ1v) is 10.8. The van der Waals surface area contributed by atoms with E-state index in [0.29, 0.717) is 35.9 Å². The standard InChI is InChI=1S/C21H19N4O5P.2Li/c26-31(27,28)25-21-18(4-3-11-23-21)19-13-17(24-30-19)12-15-6-8-16(9-7-15)14-29-20-5-1-2-10-22-20;;/h1-11,13H,12,14H2,(H3,23,25,26,27,28);;/q;2*+1/p-2. The number of hydrogen-bond donors (Lipinski definition) is 1. The first kappa shape index (κ1) is 26.9. The summed E-state index contributed by atoms with van der Waals surface area (Å²) in [4.78, 5) is 30.1. The monoisotopic (exact) mass is 450 g/mol. The number of rotatable bonds is 8. The smallest absolute Gasteiger partial charge is 0.795 e. The van der Waals surface area contributed by atoms with Crippen LogP contribution in [0.2, 0.25) is 0 Å². The summed E-state index contributed by atoms with van der Waals surface area (Å²) in [6.45, 7) is 0.408. The van der Waals surface area contributed by atoms with Crippen molar-refractivity contribution in [2.75, 3.05) is 5.09 Å². The Morgan fingerprint density at radius 2 is 1.67 bits per heavy atom. The molecular formula is C21H17Li2N4O5P. The Labute approximate surface area is 214 Å². The van der Waals surface area contributed by atoms with Crippen LogP contribution < -0.4 is 57.3 Å². The van der Waals surface area contributed by atoms with Crippen LogP contribution in [-0.2, 0) is 17.6 Å². The summed E-state index contributed by atoms with van der Waals surface area (Å²) in [6.07, 6.45) is 3.56. The second-order valence-corrected chi connectivity index (χ2v) is 7.86. The Kier molecular flexibility index (Phi) is 9.97. The van der Waals surface area contributed by atoms with E-state index in [1.54, 1.807) is 30.5 Å². The number of benzene rings is 1. The van der Waals surface area contributed by atoms with E-state index in [2.05, 4.69) is 15.1 Å². The molecule has 0 bridgehead atoms. The van der Waals surface area contributed by atoms with Crippen molar-refractivity contribution in [3.63, 3.8) is 0 Å². The van der Waals surface area contributed by atoms with Crippen LogP contribution in [0.15, 0.2) is 77.6 Å². The van der Waals surface area contributed by atoms with E-state index in [1.807, 2.05) is 41.5 Å². The number of pyridine rings is 2. The fourth-order valence-electron chi connectivity index (χ4n) is 2.90. The maximum absolute atomic E-state index is 11.0. The van der Waals surface area contributed by atoms with Crippen LogP contribution in [0.1, 0.15) is 16.8 Å². The summed E-state index contributed by atoms with van der Waals surface area (Å²) in [6, 6.07) is 18.2. The van der Waals surface area contributed by atoms with E-state index < -0.39 is 7.75 Å². The Bertz CT molecular complexity index is 1200. The van der Waals surface area contributed by atoms with Crippen LogP contribution >= 0.6 is 7.75 Å². The molecule has 0 saturated carbocycles. The van der Waals surface area contributed by atoms with E-state index in [4.69, 9.17) is 9.26 Å². The van der Waals surface area contributed by atoms with Crippen molar-refractivity contribution in [1.29, 1.82) is 0 Å². The van der Waals surface area contributed by atoms with Gasteiger partial charge in [-0.05, 0) is 29.3 Å². The van der Waals surface area contributed by atoms with Gasteiger partial charge in [-0.15, -0.1) is 0 Å². The number of hydrogen-bond acceptors (Lipinski definition) is 8. The molecule has 1 aromatic carbocycles. The second kappa shape index (κ2) is 12.2. The fourth-order valence-corrected chi connectivity index (χ4v) is 3.33. The second-order valence-electron chi connectivity index (χ2n) is 6.64. The van der Waals surface area contributed by atoms with Crippen molar-refractivity contribution in [1.82, 2.24) is 15.1 Å². The van der Waals surface area contributed by atoms with Gasteiger partial charge in [-0.25, -0.2) is 9.97 Å². The van der Waals surface area contributed by atoms with Crippen LogP contribution in [0.25, 0.3) is 11.3 Å². The SMILES string of the molecule is O=P([O-])([O-])Nc1ncccc1-c1cc(Cc2ccc(COc3ccccn3)cc2)no1.[Li+].[Li+]. The van der Waals surface area contributed by atoms with Gasteiger partial charge in [0.15, 0.2) is 5.76 Å². The molecule has 0 aliphatic rings. The summed E-state index contributed by atoms with van der Waals surface area (Å²) in [5.41, 5.74) is 2.99. The molecule has 0 atom stereocenters. The molecule has 3 aromatic heterocycles. The summed E-state index contributed by atoms with van der Waals surface area (Å²) in [7, 11) is -5.00. The first-order valence-electron chi connectivity index (χ1n) is 9.29. The molecule has 0 saturated heterocycles. The van der Waals surface area contributed by atoms with Gasteiger partial charge >= 0.3 is 37.7 Å². The Balaban J connectivity index is 0.00000193. The fraction of sp³-hybridized carbons (Fsp3) is 0.0952. The minimum absolute atomic E-state index is 0. The summed E-state index contributed by atoms with van der Waals surface area (Å²) < 4.78 is 22.0. The molecule has 1 N–H and O–H groups in total. The van der Waals surface area contributed by atoms with Crippen LogP contribution in [0, 0.1) is 0 Å². The van der Waals surface area contributed by atoms with Crippen LogP contribution in [0.4, 0.5) is 5.82 Å². The third kappa shape index (κ3) is 7.89. The van der Waals surface area contributed by atoms with Gasteiger partial charge in [0.05, 0.1) is 11.3 Å². The zero-order valence-corrected chi connectivity index (χ0v) is 19.1. The number of nitrogens with zero attached hydrogens (tertiary/aromatic N) is 3. The summed E-state index contributed by atoms with van der Waals surface area (Å²) in [5.74, 6) is 0.770. The maximum Gasteiger partial charge on any atom is 1.00 e. The molecule has 0 fully saturated rings. The molecule has 33 heavy (non-hydrogen) atoms. The molecule has 4 aromatic rings. The quantitative estimate of drug-likeness (QED) is 0.215. The molecule has 0 radical (unpaired) electrons. The van der Waals surface area contributed by atoms with Crippen molar-refractivity contribution >= 4 is 13.6 Å². The van der Waals surface area contributed by atoms with Gasteiger partial charge in [0.2, 0.25) is 5.88 Å². The molecule has 3 heterocycles. The molecule has 158 valence electrons. The van der Waals surface area contributed by atoms with Gasteiger partial charge < -0.3 is 28.7 Å². The van der Waals surface area contributed by atoms with Gasteiger partial charge in [0, 0.05) is 38.7 Å². The molecule has 0 amide bonds. The third-order valence-electron chi connectivity index (χ3n) is 4.31. The molecule has 0 spiro atoms. The van der Waals surface area contributed by atoms with Crippen LogP contribution in [0.3, 0.4) is 0 Å². The van der Waals surface area contributed by atoms with Crippen molar-refractivity contribution in [2.24, 2.45) is 0 Å². The minimum atomic E-state index is -5.00. The van der Waals surface area contributed by atoms with Crippen molar-refractivity contribution in [2.45, 2.75) is 13.0 Å². The Hall–Kier alpha value is -2.33. The molecule has 0 unspecified atom stereocenters. The zero-order chi connectivity index (χ0) is 21.7. The van der Waals surface area contributed by atoms with Crippen molar-refractivity contribution in [3.8, 4) is 17.2 Å². The number of nitrogens with one attached hydrogen (secondary N) is 1. The number of aromatic nitrogens is 3. The first-order chi connectivity index (χ1) is 15.0. The normalized spacial score (nSPS) is 10.6. The molecule has 4 rings (SSSR count). The molecule has 12 heteroatoms. The van der Waals surface area contributed by atoms with Gasteiger partial charge in [-0.2, -0.15) is 0 Å². The summed E-state index contributed by atoms with van der Waals surface area (Å²) in [5, 5.41) is 5.90. The minimum Gasteiger partial charge on any atom is -0.795 e. The van der Waals surface area contributed by atoms with Gasteiger partial charge in [0.1, 0.15) is 12.4 Å². The Morgan fingerprint density at radius 3 is 2.36 bits per heavy atom. The predicted molar refractivity (Wildman–Crippen MR) is 109 cm³/mol. The van der Waals surface area contributed by atoms with E-state index >= 15 is 0 Å². The predicted octanol–water partition coefficient (Wildman–Crippen LogP) is -3.45. The molecule has 0 aliphatic carbocycles. The van der Waals surface area contributed by atoms with Crippen LogP contribution in [0.5, 0.6) is 5.88 Å². The Morgan fingerprint density at radius 1 is 0.939 bits per heavy atom. The average molecular weight is 450 g/mol. The summed E-state index contributed by atoms with van der Waals surface area (Å²) >= 11 is 0. The molecular weight excluding hydrogens is 433 g/mol. The largest absolute Gasteiger partial charge is 1.00 e. The molecule has 0 aliphatic heterocycles. The average Bonchev–Trinajstić information content (AvgIpc) is 3.21. The van der Waals surface area contributed by atoms with Crippen molar-refractivity contribution < 1.29 is 61.3 Å². The molecule has 9 nitrogen and oxygen atoms in total. The van der Waals surface area contributed by atoms with Gasteiger partial charge in [-0.3, -0.25) is 0 Å². The van der Waals surface area contributed by atoms with Gasteiger partial charge in [0.25, 0.3) is 0 Å². The van der Waals surface area contributed by atoms with E-state index in [-0.39, 0.29) is 43.5 Å². The number of anilines is 1. The van der Waals surface area contributed by atoms with E-state index in [1.165, 1.54) is 6.20 Å². The van der Waals surface area contributed by atoms with E-state index in [0.717, 1.165) is 11.1 Å². The topological polar surface area (TPSA) is 136 Å². The third-order valence-corrected chi connectivity index (χ3v) is 4.79. The van der Waals surface area contributed by atoms with Crippen molar-refractivity contribution in [3.05, 3.63) is 89.9 Å². The van der Waals surface area contributed by atoms with E-state index in [9.17, 15) is 14.4 Å². The number of ether oxygens (including phenoxy) is 1. The maximum atomic E-state index is 11.0. The van der Waals surface area contributed by atoms with Crippen LogP contribution in [-0.4, -0.2) is 15.1 Å².